The van der Waals surface area contributed by atoms with Crippen molar-refractivity contribution < 1.29 is 8.42 Å². The van der Waals surface area contributed by atoms with Gasteiger partial charge in [-0.05, 0) is 13.3 Å². The molecule has 0 aliphatic carbocycles. The van der Waals surface area contributed by atoms with Gasteiger partial charge in [0.1, 0.15) is 5.82 Å². The van der Waals surface area contributed by atoms with E-state index in [9.17, 15) is 8.42 Å². The van der Waals surface area contributed by atoms with Gasteiger partial charge < -0.3 is 5.73 Å². The summed E-state index contributed by atoms with van der Waals surface area (Å²) in [5, 5.41) is 4.48. The van der Waals surface area contributed by atoms with Crippen LogP contribution in [0.5, 0.6) is 0 Å². The Kier molecular flexibility index (Phi) is 3.05. The highest BCUT2D eigenvalue weighted by Crippen LogP contribution is 2.28. The van der Waals surface area contributed by atoms with Gasteiger partial charge in [-0.1, -0.05) is 29.8 Å². The molecule has 1 atom stereocenters. The number of nitrogen functional groups attached to an aromatic ring is 1. The maximum Gasteiger partial charge on any atom is 0.152 e. The van der Waals surface area contributed by atoms with Crippen molar-refractivity contribution in [2.24, 2.45) is 0 Å². The Labute approximate surface area is 118 Å². The predicted molar refractivity (Wildman–Crippen MR) is 79.1 cm³/mol. The molecule has 20 heavy (non-hydrogen) atoms. The maximum atomic E-state index is 11.6. The average Bonchev–Trinajstić information content (AvgIpc) is 2.93. The normalized spacial score (nSPS) is 21.1. The number of nitrogens with zero attached hydrogens (tertiary/aromatic N) is 2. The second kappa shape index (κ2) is 4.63. The number of aryl methyl sites for hydroxylation is 1. The van der Waals surface area contributed by atoms with E-state index in [1.54, 1.807) is 10.7 Å². The summed E-state index contributed by atoms with van der Waals surface area (Å²) in [6.07, 6.45) is 0.585. The van der Waals surface area contributed by atoms with E-state index >= 15 is 0 Å². The van der Waals surface area contributed by atoms with E-state index < -0.39 is 9.84 Å². The van der Waals surface area contributed by atoms with Gasteiger partial charge in [-0.2, -0.15) is 5.10 Å². The number of hydrogen-bond acceptors (Lipinski definition) is 4. The van der Waals surface area contributed by atoms with Gasteiger partial charge in [0.2, 0.25) is 0 Å². The first kappa shape index (κ1) is 13.2. The van der Waals surface area contributed by atoms with E-state index in [-0.39, 0.29) is 17.5 Å². The third-order valence-corrected chi connectivity index (χ3v) is 5.42. The molecule has 2 heterocycles. The quantitative estimate of drug-likeness (QED) is 0.915. The number of hydrogen-bond donors (Lipinski definition) is 1. The molecule has 0 bridgehead atoms. The van der Waals surface area contributed by atoms with Gasteiger partial charge in [-0.15, -0.1) is 0 Å². The van der Waals surface area contributed by atoms with Crippen molar-refractivity contribution in [1.82, 2.24) is 9.78 Å². The van der Waals surface area contributed by atoms with E-state index in [0.29, 0.717) is 12.2 Å². The molecule has 1 aromatic heterocycles. The van der Waals surface area contributed by atoms with Crippen molar-refractivity contribution in [1.29, 1.82) is 0 Å². The van der Waals surface area contributed by atoms with Crippen molar-refractivity contribution >= 4 is 15.7 Å². The number of anilines is 1. The summed E-state index contributed by atoms with van der Waals surface area (Å²) in [5.41, 5.74) is 8.94. The number of benzene rings is 1. The lowest BCUT2D eigenvalue weighted by Gasteiger charge is -2.09. The molecule has 1 saturated heterocycles. The first-order valence-electron chi connectivity index (χ1n) is 6.57. The van der Waals surface area contributed by atoms with Crippen LogP contribution in [0.4, 0.5) is 5.82 Å². The largest absolute Gasteiger partial charge is 0.384 e. The third kappa shape index (κ3) is 2.43. The van der Waals surface area contributed by atoms with Crippen LogP contribution in [-0.4, -0.2) is 29.7 Å². The van der Waals surface area contributed by atoms with Gasteiger partial charge in [0.25, 0.3) is 0 Å². The first-order chi connectivity index (χ1) is 9.44. The fourth-order valence-corrected chi connectivity index (χ4v) is 4.23. The van der Waals surface area contributed by atoms with Gasteiger partial charge in [-0.25, -0.2) is 13.1 Å². The minimum atomic E-state index is -2.94. The average molecular weight is 291 g/mol. The third-order valence-electron chi connectivity index (χ3n) is 3.67. The number of rotatable bonds is 2. The van der Waals surface area contributed by atoms with E-state index in [0.717, 1.165) is 11.3 Å². The highest BCUT2D eigenvalue weighted by atomic mass is 32.2. The zero-order valence-electron chi connectivity index (χ0n) is 11.3. The minimum absolute atomic E-state index is 0.131. The summed E-state index contributed by atoms with van der Waals surface area (Å²) in [5.74, 6) is 0.867. The zero-order valence-corrected chi connectivity index (χ0v) is 12.1. The second-order valence-corrected chi connectivity index (χ2v) is 7.55. The number of nitrogens with two attached hydrogens (primary N) is 1. The van der Waals surface area contributed by atoms with E-state index in [1.807, 2.05) is 31.2 Å². The van der Waals surface area contributed by atoms with Gasteiger partial charge >= 0.3 is 0 Å². The lowest BCUT2D eigenvalue weighted by atomic mass is 10.1. The molecule has 0 spiro atoms. The molecule has 2 aromatic rings. The van der Waals surface area contributed by atoms with E-state index in [2.05, 4.69) is 5.10 Å². The Balaban J connectivity index is 1.93. The summed E-state index contributed by atoms with van der Waals surface area (Å²) in [6, 6.07) is 9.68. The van der Waals surface area contributed by atoms with Gasteiger partial charge in [0.15, 0.2) is 9.84 Å². The topological polar surface area (TPSA) is 78.0 Å². The fraction of sp³-hybridized carbons (Fsp3) is 0.357. The Bertz CT molecular complexity index is 732. The highest BCUT2D eigenvalue weighted by Gasteiger charge is 2.30. The summed E-state index contributed by atoms with van der Waals surface area (Å²) in [4.78, 5) is 0. The van der Waals surface area contributed by atoms with Crippen LogP contribution in [0.3, 0.4) is 0 Å². The Morgan fingerprint density at radius 2 is 2.00 bits per heavy atom. The predicted octanol–water partition coefficient (Wildman–Crippen LogP) is 1.80. The molecule has 1 aliphatic heterocycles. The van der Waals surface area contributed by atoms with Crippen LogP contribution in [0.15, 0.2) is 30.3 Å². The van der Waals surface area contributed by atoms with Crippen molar-refractivity contribution in [3.05, 3.63) is 35.9 Å². The zero-order chi connectivity index (χ0) is 14.3. The summed E-state index contributed by atoms with van der Waals surface area (Å²) >= 11 is 0. The monoisotopic (exact) mass is 291 g/mol. The molecular formula is C14H17N3O2S. The van der Waals surface area contributed by atoms with Gasteiger partial charge in [0, 0.05) is 11.6 Å². The highest BCUT2D eigenvalue weighted by molar-refractivity contribution is 7.91. The molecule has 3 rings (SSSR count). The molecule has 1 aromatic carbocycles. The second-order valence-electron chi connectivity index (χ2n) is 5.32. The van der Waals surface area contributed by atoms with Crippen LogP contribution in [0.25, 0.3) is 11.3 Å². The Morgan fingerprint density at radius 1 is 1.30 bits per heavy atom. The molecule has 0 saturated carbocycles. The van der Waals surface area contributed by atoms with Crippen LogP contribution in [0, 0.1) is 6.92 Å². The van der Waals surface area contributed by atoms with Crippen LogP contribution >= 0.6 is 0 Å². The molecule has 0 amide bonds. The summed E-state index contributed by atoms with van der Waals surface area (Å²) in [6.45, 7) is 2.03. The number of sulfone groups is 1. The van der Waals surface area contributed by atoms with Crippen molar-refractivity contribution in [2.75, 3.05) is 17.2 Å². The molecule has 1 fully saturated rings. The molecule has 106 valence electrons. The van der Waals surface area contributed by atoms with Crippen molar-refractivity contribution in [3.8, 4) is 11.3 Å². The lowest BCUT2D eigenvalue weighted by molar-refractivity contribution is 0.508. The molecule has 5 nitrogen and oxygen atoms in total. The fourth-order valence-electron chi connectivity index (χ4n) is 2.54. The minimum Gasteiger partial charge on any atom is -0.384 e. The van der Waals surface area contributed by atoms with Gasteiger partial charge in [0.05, 0.1) is 23.2 Å². The SMILES string of the molecule is Cc1ccc(-c2cc(N)n([C@H]3CCS(=O)(=O)C3)n2)cc1. The molecule has 2 N–H and O–H groups in total. The van der Waals surface area contributed by atoms with E-state index in [1.165, 1.54) is 5.56 Å². The van der Waals surface area contributed by atoms with Crippen LogP contribution < -0.4 is 5.73 Å². The Morgan fingerprint density at radius 3 is 2.60 bits per heavy atom. The first-order valence-corrected chi connectivity index (χ1v) is 8.39. The van der Waals surface area contributed by atoms with Crippen molar-refractivity contribution in [2.45, 2.75) is 19.4 Å². The smallest absolute Gasteiger partial charge is 0.152 e. The Hall–Kier alpha value is -1.82. The van der Waals surface area contributed by atoms with E-state index in [4.69, 9.17) is 5.73 Å². The van der Waals surface area contributed by atoms with Crippen LogP contribution in [-0.2, 0) is 9.84 Å². The lowest BCUT2D eigenvalue weighted by Crippen LogP contribution is -2.14. The van der Waals surface area contributed by atoms with Gasteiger partial charge in [-0.3, -0.25) is 0 Å². The maximum absolute atomic E-state index is 11.6. The molecule has 0 radical (unpaired) electrons. The molecule has 1 aliphatic rings. The summed E-state index contributed by atoms with van der Waals surface area (Å²) < 4.78 is 24.8. The standard InChI is InChI=1S/C14H17N3O2S/c1-10-2-4-11(5-3-10)13-8-14(15)17(16-13)12-6-7-20(18,19)9-12/h2-5,8,12H,6-7,9,15H2,1H3/t12-/m0/s1. The van der Waals surface area contributed by atoms with Crippen LogP contribution in [0.2, 0.25) is 0 Å². The summed E-state index contributed by atoms with van der Waals surface area (Å²) in [7, 11) is -2.94. The molecular weight excluding hydrogens is 274 g/mol. The van der Waals surface area contributed by atoms with Crippen molar-refractivity contribution in [3.63, 3.8) is 0 Å². The molecule has 6 heteroatoms. The molecule has 0 unspecified atom stereocenters. The number of aromatic nitrogens is 2. The van der Waals surface area contributed by atoms with Crippen LogP contribution in [0.1, 0.15) is 18.0 Å².